The molecule has 0 bridgehead atoms. The lowest BCUT2D eigenvalue weighted by Gasteiger charge is -2.10. The van der Waals surface area contributed by atoms with Crippen molar-refractivity contribution in [3.63, 3.8) is 0 Å². The molecule has 2 heterocycles. The molecule has 0 radical (unpaired) electrons. The predicted molar refractivity (Wildman–Crippen MR) is 98.3 cm³/mol. The molecule has 4 heteroatoms. The molecule has 0 spiro atoms. The third-order valence-electron chi connectivity index (χ3n) is 4.12. The van der Waals surface area contributed by atoms with Gasteiger partial charge in [-0.1, -0.05) is 0 Å². The van der Waals surface area contributed by atoms with Crippen molar-refractivity contribution in [2.75, 3.05) is 0 Å². The van der Waals surface area contributed by atoms with Gasteiger partial charge in [-0.05, 0) is 83.9 Å². The molecule has 0 N–H and O–H groups in total. The Bertz CT molecular complexity index is 964. The fourth-order valence-electron chi connectivity index (χ4n) is 2.78. The minimum absolute atomic E-state index is 0.294. The fraction of sp³-hybridized carbons (Fsp3) is 0. The van der Waals surface area contributed by atoms with Crippen LogP contribution >= 0.6 is 0 Å². The van der Waals surface area contributed by atoms with E-state index in [1.54, 1.807) is 36.7 Å². The monoisotopic (exact) mass is 344 g/mol. The van der Waals surface area contributed by atoms with Crippen LogP contribution in [-0.2, 0) is 0 Å². The van der Waals surface area contributed by atoms with E-state index in [0.29, 0.717) is 0 Å². The molecule has 0 fully saturated rings. The standard InChI is InChI=1S/C22H14F2N2/c23-19-5-1-16(2-6-19)21-13-18(15-9-11-25-12-10-15)14-22(26-21)17-3-7-20(24)8-4-17/h1-14H. The summed E-state index contributed by atoms with van der Waals surface area (Å²) in [4.78, 5) is 8.75. The van der Waals surface area contributed by atoms with Crippen LogP contribution < -0.4 is 0 Å². The summed E-state index contributed by atoms with van der Waals surface area (Å²) in [5.41, 5.74) is 5.02. The van der Waals surface area contributed by atoms with Crippen molar-refractivity contribution < 1.29 is 8.78 Å². The van der Waals surface area contributed by atoms with Crippen LogP contribution in [0.25, 0.3) is 33.6 Å². The van der Waals surface area contributed by atoms with E-state index in [1.807, 2.05) is 24.3 Å². The van der Waals surface area contributed by atoms with E-state index in [-0.39, 0.29) is 11.6 Å². The van der Waals surface area contributed by atoms with Crippen molar-refractivity contribution in [3.05, 3.63) is 96.8 Å². The van der Waals surface area contributed by atoms with E-state index >= 15 is 0 Å². The lowest BCUT2D eigenvalue weighted by atomic mass is 10.0. The lowest BCUT2D eigenvalue weighted by molar-refractivity contribution is 0.627. The Morgan fingerprint density at radius 2 is 0.962 bits per heavy atom. The average molecular weight is 344 g/mol. The zero-order chi connectivity index (χ0) is 17.9. The summed E-state index contributed by atoms with van der Waals surface area (Å²) in [6.07, 6.45) is 3.45. The normalized spacial score (nSPS) is 10.7. The Hall–Kier alpha value is -3.40. The van der Waals surface area contributed by atoms with Crippen LogP contribution in [0.15, 0.2) is 85.2 Å². The van der Waals surface area contributed by atoms with E-state index in [4.69, 9.17) is 4.98 Å². The van der Waals surface area contributed by atoms with Gasteiger partial charge in [0.15, 0.2) is 0 Å². The zero-order valence-electron chi connectivity index (χ0n) is 13.7. The summed E-state index contributed by atoms with van der Waals surface area (Å²) < 4.78 is 26.5. The van der Waals surface area contributed by atoms with Gasteiger partial charge >= 0.3 is 0 Å². The molecule has 0 saturated carbocycles. The van der Waals surface area contributed by atoms with E-state index < -0.39 is 0 Å². The summed E-state index contributed by atoms with van der Waals surface area (Å²) >= 11 is 0. The molecule has 2 aromatic heterocycles. The first kappa shape index (κ1) is 16.1. The molecule has 4 rings (SSSR count). The van der Waals surface area contributed by atoms with Gasteiger partial charge in [0.05, 0.1) is 11.4 Å². The molecule has 0 aliphatic heterocycles. The summed E-state index contributed by atoms with van der Waals surface area (Å²) in [7, 11) is 0. The van der Waals surface area contributed by atoms with Crippen molar-refractivity contribution in [2.24, 2.45) is 0 Å². The Labute approximate surface area is 149 Å². The first-order valence-corrected chi connectivity index (χ1v) is 8.13. The van der Waals surface area contributed by atoms with Crippen LogP contribution in [0.2, 0.25) is 0 Å². The number of hydrogen-bond acceptors (Lipinski definition) is 2. The fourth-order valence-corrected chi connectivity index (χ4v) is 2.78. The maximum atomic E-state index is 13.3. The van der Waals surface area contributed by atoms with Crippen LogP contribution in [0, 0.1) is 11.6 Å². The number of pyridine rings is 2. The largest absolute Gasteiger partial charge is 0.265 e. The second kappa shape index (κ2) is 6.84. The number of halogens is 2. The summed E-state index contributed by atoms with van der Waals surface area (Å²) in [5.74, 6) is -0.587. The molecule has 2 nitrogen and oxygen atoms in total. The number of hydrogen-bond donors (Lipinski definition) is 0. The Morgan fingerprint density at radius 3 is 1.42 bits per heavy atom. The topological polar surface area (TPSA) is 25.8 Å². The van der Waals surface area contributed by atoms with E-state index in [0.717, 1.165) is 33.6 Å². The summed E-state index contributed by atoms with van der Waals surface area (Å²) in [6.45, 7) is 0. The van der Waals surface area contributed by atoms with Crippen LogP contribution in [-0.4, -0.2) is 9.97 Å². The number of aromatic nitrogens is 2. The van der Waals surface area contributed by atoms with Gasteiger partial charge in [-0.15, -0.1) is 0 Å². The highest BCUT2D eigenvalue weighted by Gasteiger charge is 2.09. The second-order valence-electron chi connectivity index (χ2n) is 5.88. The Morgan fingerprint density at radius 1 is 0.500 bits per heavy atom. The molecular weight excluding hydrogens is 330 g/mol. The minimum Gasteiger partial charge on any atom is -0.265 e. The number of nitrogens with zero attached hydrogens (tertiary/aromatic N) is 2. The molecule has 26 heavy (non-hydrogen) atoms. The van der Waals surface area contributed by atoms with Gasteiger partial charge < -0.3 is 0 Å². The second-order valence-corrected chi connectivity index (χ2v) is 5.88. The maximum absolute atomic E-state index is 13.3. The van der Waals surface area contributed by atoms with Gasteiger partial charge in [0.2, 0.25) is 0 Å². The zero-order valence-corrected chi connectivity index (χ0v) is 13.7. The van der Waals surface area contributed by atoms with Crippen LogP contribution in [0.3, 0.4) is 0 Å². The average Bonchev–Trinajstić information content (AvgIpc) is 2.69. The van der Waals surface area contributed by atoms with Crippen molar-refractivity contribution in [1.82, 2.24) is 9.97 Å². The first-order valence-electron chi connectivity index (χ1n) is 8.13. The Kier molecular flexibility index (Phi) is 4.23. The molecule has 4 aromatic rings. The van der Waals surface area contributed by atoms with Crippen LogP contribution in [0.1, 0.15) is 0 Å². The van der Waals surface area contributed by atoms with Gasteiger partial charge in [-0.3, -0.25) is 4.98 Å². The first-order chi connectivity index (χ1) is 12.7. The highest BCUT2D eigenvalue weighted by atomic mass is 19.1. The SMILES string of the molecule is Fc1ccc(-c2cc(-c3ccncc3)cc(-c3ccc(F)cc3)n2)cc1. The third-order valence-corrected chi connectivity index (χ3v) is 4.12. The van der Waals surface area contributed by atoms with E-state index in [9.17, 15) is 8.78 Å². The predicted octanol–water partition coefficient (Wildman–Crippen LogP) is 5.76. The van der Waals surface area contributed by atoms with Crippen molar-refractivity contribution in [3.8, 4) is 33.6 Å². The Balaban J connectivity index is 1.89. The molecule has 0 unspecified atom stereocenters. The smallest absolute Gasteiger partial charge is 0.123 e. The highest BCUT2D eigenvalue weighted by molar-refractivity contribution is 5.76. The van der Waals surface area contributed by atoms with Crippen LogP contribution in [0.4, 0.5) is 8.78 Å². The quantitative estimate of drug-likeness (QED) is 0.472. The van der Waals surface area contributed by atoms with Gasteiger partial charge in [0, 0.05) is 23.5 Å². The van der Waals surface area contributed by atoms with Gasteiger partial charge in [-0.25, -0.2) is 13.8 Å². The maximum Gasteiger partial charge on any atom is 0.123 e. The minimum atomic E-state index is -0.294. The molecule has 2 aromatic carbocycles. The molecule has 0 aliphatic carbocycles. The molecular formula is C22H14F2N2. The van der Waals surface area contributed by atoms with Gasteiger partial charge in [0.25, 0.3) is 0 Å². The molecule has 0 atom stereocenters. The van der Waals surface area contributed by atoms with Crippen molar-refractivity contribution in [1.29, 1.82) is 0 Å². The lowest BCUT2D eigenvalue weighted by Crippen LogP contribution is -1.92. The van der Waals surface area contributed by atoms with Crippen molar-refractivity contribution >= 4 is 0 Å². The van der Waals surface area contributed by atoms with E-state index in [2.05, 4.69) is 4.98 Å². The molecule has 0 amide bonds. The molecule has 126 valence electrons. The summed E-state index contributed by atoms with van der Waals surface area (Å²) in [6, 6.07) is 20.2. The number of benzene rings is 2. The molecule has 0 saturated heterocycles. The summed E-state index contributed by atoms with van der Waals surface area (Å²) in [5, 5.41) is 0. The highest BCUT2D eigenvalue weighted by Crippen LogP contribution is 2.30. The number of rotatable bonds is 3. The molecule has 0 aliphatic rings. The van der Waals surface area contributed by atoms with Crippen LogP contribution in [0.5, 0.6) is 0 Å². The van der Waals surface area contributed by atoms with Gasteiger partial charge in [0.1, 0.15) is 11.6 Å². The third kappa shape index (κ3) is 3.35. The van der Waals surface area contributed by atoms with E-state index in [1.165, 1.54) is 24.3 Å². The van der Waals surface area contributed by atoms with Crippen molar-refractivity contribution in [2.45, 2.75) is 0 Å². The van der Waals surface area contributed by atoms with Gasteiger partial charge in [-0.2, -0.15) is 0 Å².